The average Bonchev–Trinajstić information content (AvgIpc) is 2.83. The summed E-state index contributed by atoms with van der Waals surface area (Å²) in [6, 6.07) is 0. The SMILES string of the molecule is C=CC(=O)OC(COCCOCC(COCC1(CC)COC1)OC(=O)C=C)COCC1(CC)COC1. The van der Waals surface area contributed by atoms with Crippen LogP contribution in [-0.2, 0) is 47.5 Å². The summed E-state index contributed by atoms with van der Waals surface area (Å²) in [5, 5.41) is 0. The minimum atomic E-state index is -0.568. The van der Waals surface area contributed by atoms with Crippen LogP contribution in [-0.4, -0.2) is 103 Å². The normalized spacial score (nSPS) is 19.3. The lowest BCUT2D eigenvalue weighted by molar-refractivity contribution is -0.169. The fraction of sp³-hybridized carbons (Fsp3) is 0.769. The molecule has 0 aromatic rings. The average molecular weight is 515 g/mol. The highest BCUT2D eigenvalue weighted by atomic mass is 16.6. The number of esters is 2. The molecule has 2 aliphatic heterocycles. The molecule has 0 N–H and O–H groups in total. The third-order valence-electron chi connectivity index (χ3n) is 6.44. The van der Waals surface area contributed by atoms with Gasteiger partial charge in [-0.3, -0.25) is 0 Å². The van der Waals surface area contributed by atoms with Crippen molar-refractivity contribution in [3.8, 4) is 0 Å². The first-order valence-corrected chi connectivity index (χ1v) is 12.5. The van der Waals surface area contributed by atoms with Gasteiger partial charge in [-0.15, -0.1) is 0 Å². The molecule has 2 saturated heterocycles. The molecule has 0 saturated carbocycles. The fourth-order valence-corrected chi connectivity index (χ4v) is 3.58. The number of hydrogen-bond donors (Lipinski definition) is 0. The molecule has 0 radical (unpaired) electrons. The highest BCUT2D eigenvalue weighted by molar-refractivity contribution is 5.81. The van der Waals surface area contributed by atoms with Crippen LogP contribution in [0.2, 0.25) is 0 Å². The Labute approximate surface area is 214 Å². The molecular formula is C26H42O10. The van der Waals surface area contributed by atoms with Crippen molar-refractivity contribution in [2.45, 2.75) is 38.9 Å². The van der Waals surface area contributed by atoms with Gasteiger partial charge >= 0.3 is 11.9 Å². The number of ether oxygens (including phenoxy) is 8. The molecule has 0 aromatic heterocycles. The Bertz CT molecular complexity index is 617. The van der Waals surface area contributed by atoms with E-state index in [1.807, 2.05) is 0 Å². The van der Waals surface area contributed by atoms with Crippen molar-refractivity contribution in [1.29, 1.82) is 0 Å². The Balaban J connectivity index is 1.66. The van der Waals surface area contributed by atoms with E-state index in [0.29, 0.717) is 39.6 Å². The summed E-state index contributed by atoms with van der Waals surface area (Å²) < 4.78 is 44.1. The Morgan fingerprint density at radius 3 is 1.36 bits per heavy atom. The zero-order chi connectivity index (χ0) is 26.3. The lowest BCUT2D eigenvalue weighted by Gasteiger charge is -2.40. The largest absolute Gasteiger partial charge is 0.454 e. The second kappa shape index (κ2) is 16.1. The second-order valence-electron chi connectivity index (χ2n) is 9.40. The summed E-state index contributed by atoms with van der Waals surface area (Å²) >= 11 is 0. The Kier molecular flexibility index (Phi) is 13.6. The number of carbonyl (C=O) groups excluding carboxylic acids is 2. The Hall–Kier alpha value is -1.82. The molecule has 36 heavy (non-hydrogen) atoms. The molecule has 0 bridgehead atoms. The van der Waals surface area contributed by atoms with Gasteiger partial charge in [0.15, 0.2) is 0 Å². The molecule has 0 aromatic carbocycles. The van der Waals surface area contributed by atoms with Crippen molar-refractivity contribution in [1.82, 2.24) is 0 Å². The molecule has 2 aliphatic rings. The molecule has 10 heteroatoms. The molecule has 2 heterocycles. The maximum Gasteiger partial charge on any atom is 0.330 e. The minimum Gasteiger partial charge on any atom is -0.454 e. The first-order valence-electron chi connectivity index (χ1n) is 12.5. The first kappa shape index (κ1) is 30.4. The van der Waals surface area contributed by atoms with Crippen molar-refractivity contribution in [3.63, 3.8) is 0 Å². The van der Waals surface area contributed by atoms with Crippen LogP contribution in [0.5, 0.6) is 0 Å². The maximum atomic E-state index is 11.7. The predicted octanol–water partition coefficient (Wildman–Crippen LogP) is 2.10. The van der Waals surface area contributed by atoms with Gasteiger partial charge in [-0.05, 0) is 12.8 Å². The molecular weight excluding hydrogens is 472 g/mol. The van der Waals surface area contributed by atoms with Crippen LogP contribution in [0.25, 0.3) is 0 Å². The van der Waals surface area contributed by atoms with Crippen molar-refractivity contribution >= 4 is 11.9 Å². The van der Waals surface area contributed by atoms with Crippen molar-refractivity contribution in [2.24, 2.45) is 10.8 Å². The second-order valence-corrected chi connectivity index (χ2v) is 9.40. The smallest absolute Gasteiger partial charge is 0.330 e. The van der Waals surface area contributed by atoms with Crippen LogP contribution in [0.15, 0.2) is 25.3 Å². The van der Waals surface area contributed by atoms with Crippen molar-refractivity contribution in [2.75, 3.05) is 79.3 Å². The predicted molar refractivity (Wildman–Crippen MR) is 131 cm³/mol. The van der Waals surface area contributed by atoms with E-state index in [1.165, 1.54) is 0 Å². The zero-order valence-corrected chi connectivity index (χ0v) is 21.7. The molecule has 2 unspecified atom stereocenters. The number of carbonyl (C=O) groups is 2. The van der Waals surface area contributed by atoms with Crippen LogP contribution < -0.4 is 0 Å². The summed E-state index contributed by atoms with van der Waals surface area (Å²) in [5.41, 5.74) is 0.0829. The molecule has 0 spiro atoms. The van der Waals surface area contributed by atoms with Gasteiger partial charge < -0.3 is 37.9 Å². The lowest BCUT2D eigenvalue weighted by Crippen LogP contribution is -2.46. The van der Waals surface area contributed by atoms with E-state index in [2.05, 4.69) is 27.0 Å². The van der Waals surface area contributed by atoms with Crippen LogP contribution in [0.3, 0.4) is 0 Å². The summed E-state index contributed by atoms with van der Waals surface area (Å²) in [6.07, 6.45) is 3.00. The topological polar surface area (TPSA) is 108 Å². The molecule has 0 amide bonds. The molecule has 0 aliphatic carbocycles. The highest BCUT2D eigenvalue weighted by Gasteiger charge is 2.38. The Morgan fingerprint density at radius 2 is 1.08 bits per heavy atom. The van der Waals surface area contributed by atoms with E-state index >= 15 is 0 Å². The van der Waals surface area contributed by atoms with Gasteiger partial charge in [0.1, 0.15) is 12.2 Å². The quantitative estimate of drug-likeness (QED) is 0.128. The number of hydrogen-bond acceptors (Lipinski definition) is 10. The summed E-state index contributed by atoms with van der Waals surface area (Å²) in [6.45, 7) is 16.1. The van der Waals surface area contributed by atoms with Gasteiger partial charge in [0.2, 0.25) is 0 Å². The lowest BCUT2D eigenvalue weighted by atomic mass is 9.84. The number of rotatable bonds is 21. The van der Waals surface area contributed by atoms with Crippen LogP contribution in [0, 0.1) is 10.8 Å². The maximum absolute atomic E-state index is 11.7. The molecule has 10 nitrogen and oxygen atoms in total. The van der Waals surface area contributed by atoms with E-state index < -0.39 is 24.1 Å². The van der Waals surface area contributed by atoms with E-state index in [0.717, 1.165) is 25.0 Å². The van der Waals surface area contributed by atoms with E-state index in [1.54, 1.807) is 0 Å². The van der Waals surface area contributed by atoms with E-state index in [4.69, 9.17) is 37.9 Å². The third kappa shape index (κ3) is 10.3. The van der Waals surface area contributed by atoms with Crippen LogP contribution in [0.4, 0.5) is 0 Å². The van der Waals surface area contributed by atoms with Crippen molar-refractivity contribution < 1.29 is 47.5 Å². The molecule has 2 rings (SSSR count). The first-order chi connectivity index (χ1) is 17.4. The monoisotopic (exact) mass is 514 g/mol. The molecule has 206 valence electrons. The summed E-state index contributed by atoms with van der Waals surface area (Å²) in [5.74, 6) is -1.07. The van der Waals surface area contributed by atoms with Gasteiger partial charge in [0.05, 0.1) is 79.3 Å². The van der Waals surface area contributed by atoms with Gasteiger partial charge in [-0.25, -0.2) is 9.59 Å². The molecule has 2 atom stereocenters. The minimum absolute atomic E-state index is 0.0414. The third-order valence-corrected chi connectivity index (χ3v) is 6.44. The van der Waals surface area contributed by atoms with Crippen LogP contribution >= 0.6 is 0 Å². The zero-order valence-electron chi connectivity index (χ0n) is 21.7. The van der Waals surface area contributed by atoms with Crippen LogP contribution in [0.1, 0.15) is 26.7 Å². The van der Waals surface area contributed by atoms with Crippen molar-refractivity contribution in [3.05, 3.63) is 25.3 Å². The van der Waals surface area contributed by atoms with Gasteiger partial charge in [-0.2, -0.15) is 0 Å². The Morgan fingerprint density at radius 1 is 0.722 bits per heavy atom. The van der Waals surface area contributed by atoms with Gasteiger partial charge in [-0.1, -0.05) is 27.0 Å². The van der Waals surface area contributed by atoms with E-state index in [-0.39, 0.29) is 50.5 Å². The van der Waals surface area contributed by atoms with Gasteiger partial charge in [0, 0.05) is 23.0 Å². The summed E-state index contributed by atoms with van der Waals surface area (Å²) in [7, 11) is 0. The van der Waals surface area contributed by atoms with Gasteiger partial charge in [0.25, 0.3) is 0 Å². The molecule has 2 fully saturated rings. The summed E-state index contributed by atoms with van der Waals surface area (Å²) in [4.78, 5) is 23.3. The van der Waals surface area contributed by atoms with E-state index in [9.17, 15) is 9.59 Å². The highest BCUT2D eigenvalue weighted by Crippen LogP contribution is 2.32. The fourth-order valence-electron chi connectivity index (χ4n) is 3.58. The standard InChI is InChI=1S/C26H42O10/c1-5-23(27)35-21(13-31-15-25(7-3)17-33-18-25)11-29-9-10-30-12-22(36-24(28)6-2)14-32-16-26(8-4)19-34-20-26/h5-6,21-22H,1-2,7-20H2,3-4H3.